The molecule has 0 spiro atoms. The molecule has 142 valence electrons. The molecule has 0 bridgehead atoms. The van der Waals surface area contributed by atoms with E-state index in [0.717, 1.165) is 17.2 Å². The average Bonchev–Trinajstić information content (AvgIpc) is 3.04. The van der Waals surface area contributed by atoms with Gasteiger partial charge in [-0.05, 0) is 58.6 Å². The van der Waals surface area contributed by atoms with Crippen molar-refractivity contribution in [3.63, 3.8) is 0 Å². The molecule has 26 heavy (non-hydrogen) atoms. The zero-order valence-electron chi connectivity index (χ0n) is 15.2. The average molecular weight is 397 g/mol. The number of hydrogen-bond acceptors (Lipinski definition) is 6. The third-order valence-electron chi connectivity index (χ3n) is 4.77. The van der Waals surface area contributed by atoms with E-state index in [2.05, 4.69) is 18.8 Å². The summed E-state index contributed by atoms with van der Waals surface area (Å²) in [6.07, 6.45) is 2.65. The first-order chi connectivity index (χ1) is 12.2. The minimum absolute atomic E-state index is 0.0392. The Balaban J connectivity index is 1.58. The normalized spacial score (nSPS) is 21.7. The molecule has 7 nitrogen and oxygen atoms in total. The lowest BCUT2D eigenvalue weighted by molar-refractivity contribution is -0.120. The fraction of sp³-hybridized carbons (Fsp3) is 0.588. The standard InChI is InChI=1S/C17H24N4O3S2/c1-17(2,3)26(23,24)21-12-9-7-11(8-10-12)16(22)18-13-5-4-6-14-15(13)20-25-19-14/h4-6,11-12,21H,7-10H2,1-3H3,(H,18,22). The van der Waals surface area contributed by atoms with Gasteiger partial charge in [0.05, 0.1) is 22.2 Å². The molecule has 0 radical (unpaired) electrons. The number of nitrogens with zero attached hydrogens (tertiary/aromatic N) is 2. The minimum atomic E-state index is -3.37. The molecule has 1 amide bonds. The number of carbonyl (C=O) groups excluding carboxylic acids is 1. The zero-order chi connectivity index (χ0) is 18.9. The second-order valence-corrected chi connectivity index (χ2v) is 10.7. The Morgan fingerprint density at radius 1 is 1.15 bits per heavy atom. The molecule has 0 saturated heterocycles. The van der Waals surface area contributed by atoms with Crippen LogP contribution in [0.4, 0.5) is 5.69 Å². The van der Waals surface area contributed by atoms with E-state index in [1.165, 1.54) is 0 Å². The van der Waals surface area contributed by atoms with Crippen molar-refractivity contribution in [3.8, 4) is 0 Å². The predicted octanol–water partition coefficient (Wildman–Crippen LogP) is 2.91. The van der Waals surface area contributed by atoms with E-state index in [1.807, 2.05) is 18.2 Å². The molecular weight excluding hydrogens is 372 g/mol. The van der Waals surface area contributed by atoms with Crippen molar-refractivity contribution in [2.45, 2.75) is 57.2 Å². The lowest BCUT2D eigenvalue weighted by atomic mass is 9.86. The number of nitrogens with one attached hydrogen (secondary N) is 2. The summed E-state index contributed by atoms with van der Waals surface area (Å²) >= 11 is 1.12. The summed E-state index contributed by atoms with van der Waals surface area (Å²) in [5.41, 5.74) is 2.15. The molecule has 2 aromatic rings. The third-order valence-corrected chi connectivity index (χ3v) is 7.57. The van der Waals surface area contributed by atoms with Gasteiger partial charge in [0.1, 0.15) is 11.0 Å². The van der Waals surface area contributed by atoms with Gasteiger partial charge in [-0.1, -0.05) is 6.07 Å². The number of carbonyl (C=O) groups is 1. The number of amides is 1. The number of rotatable bonds is 4. The Bertz CT molecular complexity index is 894. The molecule has 0 unspecified atom stereocenters. The fourth-order valence-corrected chi connectivity index (χ4v) is 4.59. The molecular formula is C17H24N4O3S2. The Kier molecular flexibility index (Phi) is 5.32. The van der Waals surface area contributed by atoms with Gasteiger partial charge in [0.2, 0.25) is 15.9 Å². The van der Waals surface area contributed by atoms with Gasteiger partial charge in [-0.2, -0.15) is 8.75 Å². The number of anilines is 1. The van der Waals surface area contributed by atoms with Crippen molar-refractivity contribution in [1.82, 2.24) is 13.5 Å². The van der Waals surface area contributed by atoms with E-state index in [0.29, 0.717) is 36.9 Å². The highest BCUT2D eigenvalue weighted by Gasteiger charge is 2.34. The van der Waals surface area contributed by atoms with E-state index in [-0.39, 0.29) is 17.9 Å². The number of hydrogen-bond donors (Lipinski definition) is 2. The van der Waals surface area contributed by atoms with Crippen molar-refractivity contribution in [3.05, 3.63) is 18.2 Å². The van der Waals surface area contributed by atoms with Crippen LogP contribution in [0.1, 0.15) is 46.5 Å². The summed E-state index contributed by atoms with van der Waals surface area (Å²) < 4.78 is 34.9. The molecule has 2 N–H and O–H groups in total. The smallest absolute Gasteiger partial charge is 0.227 e. The quantitative estimate of drug-likeness (QED) is 0.827. The maximum absolute atomic E-state index is 12.6. The van der Waals surface area contributed by atoms with E-state index in [1.54, 1.807) is 20.8 Å². The lowest BCUT2D eigenvalue weighted by Crippen LogP contribution is -2.46. The SMILES string of the molecule is CC(C)(C)S(=O)(=O)NC1CCC(C(=O)Nc2cccc3nsnc23)CC1. The monoisotopic (exact) mass is 396 g/mol. The third kappa shape index (κ3) is 4.05. The lowest BCUT2D eigenvalue weighted by Gasteiger charge is -2.30. The van der Waals surface area contributed by atoms with Gasteiger partial charge in [0.15, 0.2) is 0 Å². The molecule has 1 fully saturated rings. The Morgan fingerprint density at radius 3 is 2.50 bits per heavy atom. The van der Waals surface area contributed by atoms with Crippen molar-refractivity contribution in [2.75, 3.05) is 5.32 Å². The maximum atomic E-state index is 12.6. The van der Waals surface area contributed by atoms with Crippen molar-refractivity contribution in [1.29, 1.82) is 0 Å². The van der Waals surface area contributed by atoms with Crippen LogP contribution in [-0.2, 0) is 14.8 Å². The van der Waals surface area contributed by atoms with E-state index < -0.39 is 14.8 Å². The van der Waals surface area contributed by atoms with Crippen LogP contribution < -0.4 is 10.0 Å². The van der Waals surface area contributed by atoms with Gasteiger partial charge >= 0.3 is 0 Å². The molecule has 0 aliphatic heterocycles. The van der Waals surface area contributed by atoms with Gasteiger partial charge in [-0.15, -0.1) is 0 Å². The first kappa shape index (κ1) is 19.2. The van der Waals surface area contributed by atoms with Crippen LogP contribution in [0.3, 0.4) is 0 Å². The minimum Gasteiger partial charge on any atom is -0.324 e. The van der Waals surface area contributed by atoms with Crippen LogP contribution >= 0.6 is 11.7 Å². The summed E-state index contributed by atoms with van der Waals surface area (Å²) in [4.78, 5) is 12.6. The number of sulfonamides is 1. The van der Waals surface area contributed by atoms with Crippen LogP contribution in [0.5, 0.6) is 0 Å². The summed E-state index contributed by atoms with van der Waals surface area (Å²) in [6, 6.07) is 5.43. The van der Waals surface area contributed by atoms with Crippen LogP contribution in [0, 0.1) is 5.92 Å². The number of benzene rings is 1. The molecule has 1 aliphatic carbocycles. The predicted molar refractivity (Wildman–Crippen MR) is 104 cm³/mol. The highest BCUT2D eigenvalue weighted by atomic mass is 32.2. The summed E-state index contributed by atoms with van der Waals surface area (Å²) in [5, 5.41) is 2.95. The van der Waals surface area contributed by atoms with Crippen LogP contribution in [0.25, 0.3) is 11.0 Å². The second-order valence-electron chi connectivity index (χ2n) is 7.71. The Morgan fingerprint density at radius 2 is 1.85 bits per heavy atom. The van der Waals surface area contributed by atoms with Crippen LogP contribution in [0.2, 0.25) is 0 Å². The molecule has 9 heteroatoms. The van der Waals surface area contributed by atoms with Gasteiger partial charge in [0, 0.05) is 12.0 Å². The summed E-state index contributed by atoms with van der Waals surface area (Å²) in [6.45, 7) is 5.05. The fourth-order valence-electron chi connectivity index (χ4n) is 3.01. The van der Waals surface area contributed by atoms with Crippen molar-refractivity contribution in [2.24, 2.45) is 5.92 Å². The molecule has 1 heterocycles. The topological polar surface area (TPSA) is 101 Å². The molecule has 1 saturated carbocycles. The Hall–Kier alpha value is -1.58. The number of fused-ring (bicyclic) bond motifs is 1. The van der Waals surface area contributed by atoms with Crippen LogP contribution in [0.15, 0.2) is 18.2 Å². The highest BCUT2D eigenvalue weighted by molar-refractivity contribution is 7.90. The van der Waals surface area contributed by atoms with E-state index in [4.69, 9.17) is 0 Å². The molecule has 3 rings (SSSR count). The zero-order valence-corrected chi connectivity index (χ0v) is 16.8. The number of aromatic nitrogens is 2. The van der Waals surface area contributed by atoms with Gasteiger partial charge in [0.25, 0.3) is 0 Å². The molecule has 1 aliphatic rings. The summed E-state index contributed by atoms with van der Waals surface area (Å²) in [5.74, 6) is -0.158. The van der Waals surface area contributed by atoms with Gasteiger partial charge in [-0.25, -0.2) is 13.1 Å². The first-order valence-corrected chi connectivity index (χ1v) is 10.9. The van der Waals surface area contributed by atoms with E-state index in [9.17, 15) is 13.2 Å². The maximum Gasteiger partial charge on any atom is 0.227 e. The first-order valence-electron chi connectivity index (χ1n) is 8.71. The second kappa shape index (κ2) is 7.21. The highest BCUT2D eigenvalue weighted by Crippen LogP contribution is 2.28. The van der Waals surface area contributed by atoms with E-state index >= 15 is 0 Å². The van der Waals surface area contributed by atoms with Crippen molar-refractivity contribution >= 4 is 44.4 Å². The Labute approximate surface area is 158 Å². The van der Waals surface area contributed by atoms with Crippen LogP contribution in [-0.4, -0.2) is 33.9 Å². The van der Waals surface area contributed by atoms with Crippen molar-refractivity contribution < 1.29 is 13.2 Å². The molecule has 1 aromatic carbocycles. The largest absolute Gasteiger partial charge is 0.324 e. The molecule has 0 atom stereocenters. The molecule has 1 aromatic heterocycles. The van der Waals surface area contributed by atoms with Gasteiger partial charge < -0.3 is 5.32 Å². The van der Waals surface area contributed by atoms with Gasteiger partial charge in [-0.3, -0.25) is 4.79 Å². The summed E-state index contributed by atoms with van der Waals surface area (Å²) in [7, 11) is -3.37.